The highest BCUT2D eigenvalue weighted by molar-refractivity contribution is 7.89. The number of amides is 1. The quantitative estimate of drug-likeness (QED) is 0.566. The lowest BCUT2D eigenvalue weighted by molar-refractivity contribution is -0.116. The molecule has 35 heavy (non-hydrogen) atoms. The second-order valence-corrected chi connectivity index (χ2v) is 10.4. The third-order valence-electron chi connectivity index (χ3n) is 6.28. The normalized spacial score (nSPS) is 18.3. The molecule has 1 aromatic heterocycles. The van der Waals surface area contributed by atoms with Crippen molar-refractivity contribution in [1.29, 1.82) is 5.26 Å². The molecule has 0 saturated carbocycles. The lowest BCUT2D eigenvalue weighted by Gasteiger charge is -2.34. The van der Waals surface area contributed by atoms with Gasteiger partial charge in [0.1, 0.15) is 10.8 Å². The molecule has 2 aliphatic heterocycles. The predicted octanol–water partition coefficient (Wildman–Crippen LogP) is 2.97. The van der Waals surface area contributed by atoms with Gasteiger partial charge >= 0.3 is 0 Å². The highest BCUT2D eigenvalue weighted by Gasteiger charge is 2.34. The molecule has 3 heterocycles. The number of carbonyl (C=O) groups is 1. The van der Waals surface area contributed by atoms with Crippen LogP contribution in [0.25, 0.3) is 0 Å². The van der Waals surface area contributed by atoms with Crippen molar-refractivity contribution in [3.63, 3.8) is 0 Å². The Labute approximate surface area is 210 Å². The molecule has 10 heteroatoms. The van der Waals surface area contributed by atoms with E-state index in [1.54, 1.807) is 24.3 Å². The third kappa shape index (κ3) is 4.92. The first-order valence-corrected chi connectivity index (χ1v) is 12.5. The molecule has 2 aliphatic rings. The van der Waals surface area contributed by atoms with Gasteiger partial charge in [0.05, 0.1) is 17.3 Å². The summed E-state index contributed by atoms with van der Waals surface area (Å²) < 4.78 is 27.9. The van der Waals surface area contributed by atoms with Crippen LogP contribution in [-0.4, -0.2) is 54.7 Å². The Kier molecular flexibility index (Phi) is 7.19. The molecule has 5 rings (SSSR count). The SMILES string of the molecule is Cl.N#Cc1ccc2c(c1)C(c1ccc(S(=O)(=O)N3CCN(Cc4ccccc4)CC3)cn1)C(=O)N2. The standard InChI is InChI=1S/C25H23N5O3S.ClH/c26-15-19-6-8-22-21(14-19)24(25(31)28-22)23-9-7-20(16-27-23)34(32,33)30-12-10-29(11-13-30)17-18-4-2-1-3-5-18;/h1-9,14,16,24H,10-13,17H2,(H,28,31);1H. The van der Waals surface area contributed by atoms with Crippen LogP contribution < -0.4 is 5.32 Å². The fourth-order valence-electron chi connectivity index (χ4n) is 4.46. The van der Waals surface area contributed by atoms with Gasteiger partial charge in [-0.05, 0) is 41.5 Å². The topological polar surface area (TPSA) is 106 Å². The van der Waals surface area contributed by atoms with Crippen LogP contribution in [0.2, 0.25) is 0 Å². The number of carbonyl (C=O) groups excluding carboxylic acids is 1. The van der Waals surface area contributed by atoms with Gasteiger partial charge in [-0.2, -0.15) is 9.57 Å². The Bertz CT molecular complexity index is 1370. The van der Waals surface area contributed by atoms with Crippen molar-refractivity contribution < 1.29 is 13.2 Å². The van der Waals surface area contributed by atoms with E-state index in [9.17, 15) is 18.5 Å². The Morgan fingerprint density at radius 2 is 1.77 bits per heavy atom. The van der Waals surface area contributed by atoms with Gasteiger partial charge in [0.25, 0.3) is 0 Å². The number of fused-ring (bicyclic) bond motifs is 1. The first-order chi connectivity index (χ1) is 16.5. The Morgan fingerprint density at radius 3 is 2.43 bits per heavy atom. The molecule has 1 amide bonds. The number of anilines is 1. The number of hydrogen-bond donors (Lipinski definition) is 1. The first-order valence-electron chi connectivity index (χ1n) is 11.0. The summed E-state index contributed by atoms with van der Waals surface area (Å²) >= 11 is 0. The third-order valence-corrected chi connectivity index (χ3v) is 8.17. The van der Waals surface area contributed by atoms with Crippen molar-refractivity contribution in [3.8, 4) is 6.07 Å². The summed E-state index contributed by atoms with van der Waals surface area (Å²) in [4.78, 5) is 19.2. The number of nitriles is 1. The number of piperazine rings is 1. The van der Waals surface area contributed by atoms with E-state index in [2.05, 4.69) is 33.4 Å². The number of hydrogen-bond acceptors (Lipinski definition) is 6. The molecule has 0 aliphatic carbocycles. The number of benzene rings is 2. The van der Waals surface area contributed by atoms with E-state index in [1.807, 2.05) is 18.2 Å². The molecule has 2 aromatic carbocycles. The summed E-state index contributed by atoms with van der Waals surface area (Å²) in [5.41, 5.74) is 3.41. The average Bonchev–Trinajstić information content (AvgIpc) is 3.20. The maximum atomic E-state index is 13.2. The van der Waals surface area contributed by atoms with Gasteiger partial charge < -0.3 is 5.32 Å². The van der Waals surface area contributed by atoms with Crippen molar-refractivity contribution in [2.75, 3.05) is 31.5 Å². The van der Waals surface area contributed by atoms with E-state index in [0.29, 0.717) is 48.7 Å². The zero-order chi connectivity index (χ0) is 23.7. The summed E-state index contributed by atoms with van der Waals surface area (Å²) in [6, 6.07) is 20.3. The van der Waals surface area contributed by atoms with Gasteiger partial charge in [-0.15, -0.1) is 12.4 Å². The van der Waals surface area contributed by atoms with Crippen molar-refractivity contribution in [1.82, 2.24) is 14.2 Å². The molecule has 1 fully saturated rings. The molecule has 3 aromatic rings. The van der Waals surface area contributed by atoms with Crippen LogP contribution in [0.5, 0.6) is 0 Å². The number of nitrogens with one attached hydrogen (secondary N) is 1. The van der Waals surface area contributed by atoms with E-state index >= 15 is 0 Å². The highest BCUT2D eigenvalue weighted by Crippen LogP contribution is 2.37. The van der Waals surface area contributed by atoms with Crippen LogP contribution in [-0.2, 0) is 21.4 Å². The second kappa shape index (κ2) is 10.1. The molecule has 1 atom stereocenters. The Morgan fingerprint density at radius 1 is 1.03 bits per heavy atom. The molecule has 1 unspecified atom stereocenters. The number of sulfonamides is 1. The van der Waals surface area contributed by atoms with Crippen LogP contribution in [0.3, 0.4) is 0 Å². The summed E-state index contributed by atoms with van der Waals surface area (Å²) in [7, 11) is -3.68. The zero-order valence-corrected chi connectivity index (χ0v) is 20.4. The molecule has 0 bridgehead atoms. The lowest BCUT2D eigenvalue weighted by Crippen LogP contribution is -2.48. The number of aromatic nitrogens is 1. The van der Waals surface area contributed by atoms with Crippen LogP contribution in [0, 0.1) is 11.3 Å². The van der Waals surface area contributed by atoms with Crippen LogP contribution in [0.4, 0.5) is 5.69 Å². The number of rotatable bonds is 5. The number of pyridine rings is 1. The fourth-order valence-corrected chi connectivity index (χ4v) is 5.83. The molecule has 1 saturated heterocycles. The van der Waals surface area contributed by atoms with Crippen molar-refractivity contribution >= 4 is 34.0 Å². The summed E-state index contributed by atoms with van der Waals surface area (Å²) in [5.74, 6) is -0.927. The smallest absolute Gasteiger partial charge is 0.244 e. The molecular weight excluding hydrogens is 486 g/mol. The van der Waals surface area contributed by atoms with Gasteiger partial charge in [-0.25, -0.2) is 8.42 Å². The lowest BCUT2D eigenvalue weighted by atomic mass is 9.95. The van der Waals surface area contributed by atoms with E-state index in [1.165, 1.54) is 22.1 Å². The minimum Gasteiger partial charge on any atom is -0.325 e. The van der Waals surface area contributed by atoms with Gasteiger partial charge in [0.15, 0.2) is 0 Å². The number of halogens is 1. The van der Waals surface area contributed by atoms with Crippen molar-refractivity contribution in [3.05, 3.63) is 89.2 Å². The van der Waals surface area contributed by atoms with E-state index in [4.69, 9.17) is 0 Å². The van der Waals surface area contributed by atoms with Crippen LogP contribution in [0.1, 0.15) is 28.3 Å². The van der Waals surface area contributed by atoms with Crippen LogP contribution >= 0.6 is 12.4 Å². The maximum absolute atomic E-state index is 13.2. The Balaban J connectivity index is 0.00000289. The molecule has 0 radical (unpaired) electrons. The predicted molar refractivity (Wildman–Crippen MR) is 134 cm³/mol. The summed E-state index contributed by atoms with van der Waals surface area (Å²) in [6.07, 6.45) is 1.32. The Hall–Kier alpha value is -3.29. The average molecular weight is 510 g/mol. The number of nitrogens with zero attached hydrogens (tertiary/aromatic N) is 4. The summed E-state index contributed by atoms with van der Waals surface area (Å²) in [5, 5.41) is 12.0. The van der Waals surface area contributed by atoms with E-state index in [0.717, 1.165) is 6.54 Å². The molecule has 180 valence electrons. The second-order valence-electron chi connectivity index (χ2n) is 8.42. The minimum absolute atomic E-state index is 0. The molecule has 1 N–H and O–H groups in total. The van der Waals surface area contributed by atoms with Gasteiger partial charge in [0.2, 0.25) is 15.9 Å². The zero-order valence-electron chi connectivity index (χ0n) is 18.8. The van der Waals surface area contributed by atoms with Gasteiger partial charge in [0, 0.05) is 44.6 Å². The molecule has 8 nitrogen and oxygen atoms in total. The molecular formula is C25H24ClN5O3S. The monoisotopic (exact) mass is 509 g/mol. The van der Waals surface area contributed by atoms with Gasteiger partial charge in [-0.3, -0.25) is 14.7 Å². The highest BCUT2D eigenvalue weighted by atomic mass is 35.5. The largest absolute Gasteiger partial charge is 0.325 e. The minimum atomic E-state index is -3.68. The van der Waals surface area contributed by atoms with Crippen molar-refractivity contribution in [2.45, 2.75) is 17.4 Å². The van der Waals surface area contributed by atoms with E-state index in [-0.39, 0.29) is 23.2 Å². The van der Waals surface area contributed by atoms with Crippen LogP contribution in [0.15, 0.2) is 71.8 Å². The van der Waals surface area contributed by atoms with Crippen molar-refractivity contribution in [2.24, 2.45) is 0 Å². The van der Waals surface area contributed by atoms with E-state index < -0.39 is 15.9 Å². The molecule has 0 spiro atoms. The summed E-state index contributed by atoms with van der Waals surface area (Å²) in [6.45, 7) is 2.92. The fraction of sp³-hybridized carbons (Fsp3) is 0.240. The first kappa shape index (κ1) is 24.8. The maximum Gasteiger partial charge on any atom is 0.244 e. The van der Waals surface area contributed by atoms with Gasteiger partial charge in [-0.1, -0.05) is 30.3 Å².